The third-order valence-corrected chi connectivity index (χ3v) is 13.7. The number of aryl methyl sites for hydroxylation is 1. The lowest BCUT2D eigenvalue weighted by atomic mass is 9.43. The molecule has 0 aromatic heterocycles. The van der Waals surface area contributed by atoms with Crippen LogP contribution in [0.1, 0.15) is 31.9 Å². The van der Waals surface area contributed by atoms with Gasteiger partial charge in [0.25, 0.3) is 0 Å². The van der Waals surface area contributed by atoms with Gasteiger partial charge in [-0.15, -0.1) is 0 Å². The van der Waals surface area contributed by atoms with Crippen molar-refractivity contribution >= 4 is 67.8 Å². The van der Waals surface area contributed by atoms with Crippen molar-refractivity contribution in [1.82, 2.24) is 0 Å². The lowest BCUT2D eigenvalue weighted by Gasteiger charge is -2.46. The summed E-state index contributed by atoms with van der Waals surface area (Å²) in [4.78, 5) is 5.22. The van der Waals surface area contributed by atoms with Crippen LogP contribution in [0.4, 0.5) is 28.4 Å². The molecule has 2 nitrogen and oxygen atoms in total. The van der Waals surface area contributed by atoms with Gasteiger partial charge < -0.3 is 9.71 Å². The largest absolute Gasteiger partial charge is 0.376 e. The quantitative estimate of drug-likeness (QED) is 0.160. The minimum absolute atomic E-state index is 0.103. The van der Waals surface area contributed by atoms with Crippen LogP contribution in [-0.2, 0) is 5.41 Å². The van der Waals surface area contributed by atoms with Crippen molar-refractivity contribution in [3.63, 3.8) is 0 Å². The number of hydrogen-bond acceptors (Lipinski definition) is 2. The van der Waals surface area contributed by atoms with Crippen LogP contribution in [0.3, 0.4) is 0 Å². The van der Waals surface area contributed by atoms with E-state index in [2.05, 4.69) is 250 Å². The molecular weight excluding hydrogens is 771 g/mol. The van der Waals surface area contributed by atoms with E-state index in [0.717, 1.165) is 5.69 Å². The fourth-order valence-electron chi connectivity index (χ4n) is 10.3. The maximum absolute atomic E-state index is 2.64. The number of hydrogen-bond donors (Lipinski definition) is 0. The number of nitrogens with zero attached hydrogens (tertiary/aromatic N) is 2. The highest BCUT2D eigenvalue weighted by Gasteiger charge is 2.45. The Morgan fingerprint density at radius 3 is 1.50 bits per heavy atom. The Bertz CT molecular complexity index is 3420. The SMILES string of the molecule is Cc1ccc(-c2ccccc2)cc1N1c2cc3ccccc3cc2B2c3c(cc(-c4ccccc4)cc31)-c1cc3ccccc3cc1N2c1ccc(-c2ccc(C(C)(C)C)cc2)cc1. The zero-order chi connectivity index (χ0) is 43.1. The van der Waals surface area contributed by atoms with Crippen molar-refractivity contribution in [2.45, 2.75) is 33.1 Å². The number of rotatable bonds is 5. The van der Waals surface area contributed by atoms with Crippen LogP contribution >= 0.6 is 0 Å². The maximum atomic E-state index is 2.64. The summed E-state index contributed by atoms with van der Waals surface area (Å²) in [6.45, 7) is 8.97. The maximum Gasteiger partial charge on any atom is 0.333 e. The predicted octanol–water partition coefficient (Wildman–Crippen LogP) is 15.3. The Labute approximate surface area is 376 Å². The minimum atomic E-state index is -0.117. The summed E-state index contributed by atoms with van der Waals surface area (Å²) >= 11 is 0. The number of fused-ring (bicyclic) bond motifs is 6. The molecule has 2 aliphatic rings. The second kappa shape index (κ2) is 14.7. The van der Waals surface area contributed by atoms with Gasteiger partial charge in [0.1, 0.15) is 0 Å². The van der Waals surface area contributed by atoms with Gasteiger partial charge in [-0.3, -0.25) is 0 Å². The first-order valence-electron chi connectivity index (χ1n) is 22.5. The van der Waals surface area contributed by atoms with E-state index >= 15 is 0 Å². The molecule has 0 bridgehead atoms. The molecule has 12 rings (SSSR count). The molecule has 0 saturated heterocycles. The Morgan fingerprint density at radius 1 is 0.375 bits per heavy atom. The van der Waals surface area contributed by atoms with E-state index in [-0.39, 0.29) is 12.3 Å². The van der Waals surface area contributed by atoms with Crippen LogP contribution in [0, 0.1) is 6.92 Å². The summed E-state index contributed by atoms with van der Waals surface area (Å²) in [6, 6.07) is 79.5. The van der Waals surface area contributed by atoms with E-state index < -0.39 is 0 Å². The molecule has 0 aliphatic carbocycles. The van der Waals surface area contributed by atoms with Crippen LogP contribution in [0.15, 0.2) is 212 Å². The summed E-state index contributed by atoms with van der Waals surface area (Å²) in [5.74, 6) is 0. The van der Waals surface area contributed by atoms with Crippen LogP contribution in [0.2, 0.25) is 0 Å². The van der Waals surface area contributed by atoms with Gasteiger partial charge in [-0.1, -0.05) is 185 Å². The molecule has 0 radical (unpaired) electrons. The fourth-order valence-corrected chi connectivity index (χ4v) is 10.3. The zero-order valence-corrected chi connectivity index (χ0v) is 36.7. The molecule has 3 heteroatoms. The van der Waals surface area contributed by atoms with E-state index in [9.17, 15) is 0 Å². The van der Waals surface area contributed by atoms with E-state index in [4.69, 9.17) is 0 Å². The minimum Gasteiger partial charge on any atom is -0.376 e. The van der Waals surface area contributed by atoms with Gasteiger partial charge in [-0.25, -0.2) is 0 Å². The molecule has 2 aliphatic heterocycles. The summed E-state index contributed by atoms with van der Waals surface area (Å²) < 4.78 is 0. The van der Waals surface area contributed by atoms with Gasteiger partial charge in [-0.05, 0) is 143 Å². The van der Waals surface area contributed by atoms with Gasteiger partial charge in [-0.2, -0.15) is 0 Å². The summed E-state index contributed by atoms with van der Waals surface area (Å²) in [5, 5.41) is 4.93. The molecule has 10 aromatic carbocycles. The Hall–Kier alpha value is -7.62. The highest BCUT2D eigenvalue weighted by atomic mass is 15.2. The van der Waals surface area contributed by atoms with Crippen molar-refractivity contribution < 1.29 is 0 Å². The predicted molar refractivity (Wildman–Crippen MR) is 275 cm³/mol. The van der Waals surface area contributed by atoms with E-state index in [1.54, 1.807) is 0 Å². The second-order valence-corrected chi connectivity index (χ2v) is 18.6. The molecule has 0 atom stereocenters. The monoisotopic (exact) mass is 818 g/mol. The number of benzene rings is 10. The van der Waals surface area contributed by atoms with Crippen molar-refractivity contribution in [2.24, 2.45) is 0 Å². The molecule has 10 aromatic rings. The Balaban J connectivity index is 1.16. The van der Waals surface area contributed by atoms with Gasteiger partial charge in [0.15, 0.2) is 0 Å². The smallest absolute Gasteiger partial charge is 0.333 e. The standard InChI is InChI=1S/C61H47BN2/c1-40-23-24-49(41-15-7-5-8-16-41)36-56(40)63-58-38-48-22-14-12-20-46(48)35-55(58)62-60-54(34-50(39-59(60)63)42-17-9-6-10-18-42)53-33-45-19-11-13-21-47(45)37-57(53)64(62)52-31-27-44(28-32-52)43-25-29-51(30-26-43)61(2,3)4/h5-39H,1-4H3. The zero-order valence-electron chi connectivity index (χ0n) is 36.7. The van der Waals surface area contributed by atoms with Crippen LogP contribution in [0.25, 0.3) is 66.1 Å². The number of anilines is 5. The van der Waals surface area contributed by atoms with Gasteiger partial charge in [0.2, 0.25) is 0 Å². The van der Waals surface area contributed by atoms with Gasteiger partial charge in [0, 0.05) is 34.0 Å². The average Bonchev–Trinajstić information content (AvgIpc) is 3.33. The molecule has 0 amide bonds. The highest BCUT2D eigenvalue weighted by Crippen LogP contribution is 2.50. The lowest BCUT2D eigenvalue weighted by Crippen LogP contribution is -2.61. The molecule has 2 heterocycles. The summed E-state index contributed by atoms with van der Waals surface area (Å²) in [6.07, 6.45) is 0. The summed E-state index contributed by atoms with van der Waals surface area (Å²) in [5.41, 5.74) is 21.0. The molecule has 304 valence electrons. The molecule has 0 spiro atoms. The second-order valence-electron chi connectivity index (χ2n) is 18.6. The van der Waals surface area contributed by atoms with E-state index in [1.807, 2.05) is 0 Å². The lowest BCUT2D eigenvalue weighted by molar-refractivity contribution is 0.590. The Morgan fingerprint density at radius 2 is 0.875 bits per heavy atom. The van der Waals surface area contributed by atoms with Crippen LogP contribution < -0.4 is 20.6 Å². The van der Waals surface area contributed by atoms with Gasteiger partial charge in [0.05, 0.1) is 0 Å². The van der Waals surface area contributed by atoms with E-state index in [1.165, 1.54) is 111 Å². The molecule has 0 unspecified atom stereocenters. The van der Waals surface area contributed by atoms with Crippen LogP contribution in [-0.4, -0.2) is 6.85 Å². The van der Waals surface area contributed by atoms with Crippen molar-refractivity contribution in [3.05, 3.63) is 223 Å². The molecule has 0 fully saturated rings. The normalized spacial score (nSPS) is 12.9. The molecular formula is C61H47BN2. The average molecular weight is 819 g/mol. The highest BCUT2D eigenvalue weighted by molar-refractivity contribution is 6.93. The summed E-state index contributed by atoms with van der Waals surface area (Å²) in [7, 11) is 0. The first-order chi connectivity index (χ1) is 31.3. The third-order valence-electron chi connectivity index (χ3n) is 13.7. The molecule has 64 heavy (non-hydrogen) atoms. The fraction of sp³-hybridized carbons (Fsp3) is 0.0820. The molecule has 0 N–H and O–H groups in total. The topological polar surface area (TPSA) is 6.48 Å². The van der Waals surface area contributed by atoms with Crippen molar-refractivity contribution in [3.8, 4) is 44.5 Å². The first kappa shape index (κ1) is 38.1. The van der Waals surface area contributed by atoms with Crippen molar-refractivity contribution in [2.75, 3.05) is 9.71 Å². The molecule has 0 saturated carbocycles. The van der Waals surface area contributed by atoms with Gasteiger partial charge >= 0.3 is 6.85 Å². The first-order valence-corrected chi connectivity index (χ1v) is 22.5. The van der Waals surface area contributed by atoms with Crippen LogP contribution in [0.5, 0.6) is 0 Å². The van der Waals surface area contributed by atoms with E-state index in [0.29, 0.717) is 0 Å². The van der Waals surface area contributed by atoms with Crippen molar-refractivity contribution in [1.29, 1.82) is 0 Å². The third kappa shape index (κ3) is 6.26. The Kier molecular flexibility index (Phi) is 8.78.